The highest BCUT2D eigenvalue weighted by Crippen LogP contribution is 2.12. The smallest absolute Gasteiger partial charge is 0.229 e. The molecule has 0 atom stereocenters. The molecule has 0 unspecified atom stereocenters. The maximum Gasteiger partial charge on any atom is 0.229 e. The zero-order chi connectivity index (χ0) is 19.3. The van der Waals surface area contributed by atoms with Gasteiger partial charge < -0.3 is 15.5 Å². The summed E-state index contributed by atoms with van der Waals surface area (Å²) in [4.78, 5) is 17.2. The molecule has 3 N–H and O–H groups in total. The van der Waals surface area contributed by atoms with Gasteiger partial charge >= 0.3 is 0 Å². The second-order valence-corrected chi connectivity index (χ2v) is 8.02. The molecule has 9 nitrogen and oxygen atoms in total. The number of hydrogen-bond donors (Lipinski definition) is 2. The predicted octanol–water partition coefficient (Wildman–Crippen LogP) is 1.10. The van der Waals surface area contributed by atoms with Crippen LogP contribution < -0.4 is 15.4 Å². The minimum atomic E-state index is -3.27. The van der Waals surface area contributed by atoms with Gasteiger partial charge in [0.2, 0.25) is 16.0 Å². The molecule has 11 heteroatoms. The monoisotopic (exact) mass is 517 g/mol. The number of piperazine rings is 1. The van der Waals surface area contributed by atoms with Gasteiger partial charge in [-0.05, 0) is 23.8 Å². The lowest BCUT2D eigenvalue weighted by atomic mass is 10.2. The molecule has 0 aliphatic carbocycles. The van der Waals surface area contributed by atoms with E-state index in [2.05, 4.69) is 24.6 Å². The third-order valence-electron chi connectivity index (χ3n) is 4.12. The zero-order valence-corrected chi connectivity index (χ0v) is 18.7. The van der Waals surface area contributed by atoms with Crippen LogP contribution in [0.15, 0.2) is 47.7 Å². The Balaban J connectivity index is 0.00000280. The van der Waals surface area contributed by atoms with Crippen molar-refractivity contribution < 1.29 is 8.42 Å². The van der Waals surface area contributed by atoms with Crippen molar-refractivity contribution in [2.24, 2.45) is 10.7 Å². The van der Waals surface area contributed by atoms with E-state index in [-0.39, 0.29) is 24.0 Å². The predicted molar refractivity (Wildman–Crippen MR) is 121 cm³/mol. The molecule has 1 aliphatic heterocycles. The van der Waals surface area contributed by atoms with Crippen LogP contribution in [0, 0.1) is 0 Å². The first-order valence-electron chi connectivity index (χ1n) is 8.54. The van der Waals surface area contributed by atoms with Gasteiger partial charge in [0.1, 0.15) is 0 Å². The lowest BCUT2D eigenvalue weighted by molar-refractivity contribution is 0.378. The second-order valence-electron chi connectivity index (χ2n) is 6.27. The van der Waals surface area contributed by atoms with Gasteiger partial charge in [-0.1, -0.05) is 12.1 Å². The van der Waals surface area contributed by atoms with Gasteiger partial charge in [0, 0.05) is 44.3 Å². The second kappa shape index (κ2) is 9.87. The molecule has 1 fully saturated rings. The summed E-state index contributed by atoms with van der Waals surface area (Å²) in [6, 6.07) is 8.87. The van der Waals surface area contributed by atoms with E-state index in [9.17, 15) is 8.42 Å². The molecule has 1 aliphatic rings. The van der Waals surface area contributed by atoms with Crippen LogP contribution >= 0.6 is 24.0 Å². The molecule has 2 aromatic rings. The van der Waals surface area contributed by atoms with Gasteiger partial charge in [0.25, 0.3) is 0 Å². The van der Waals surface area contributed by atoms with Crippen LogP contribution in [0.2, 0.25) is 0 Å². The van der Waals surface area contributed by atoms with Crippen LogP contribution in [0.25, 0.3) is 0 Å². The molecule has 1 aromatic carbocycles. The first kappa shape index (κ1) is 22.1. The van der Waals surface area contributed by atoms with Crippen LogP contribution in [-0.2, 0) is 16.6 Å². The number of halogens is 1. The van der Waals surface area contributed by atoms with E-state index in [0.29, 0.717) is 18.2 Å². The van der Waals surface area contributed by atoms with Gasteiger partial charge in [-0.25, -0.2) is 23.4 Å². The largest absolute Gasteiger partial charge is 0.370 e. The Bertz CT molecular complexity index is 883. The third-order valence-corrected chi connectivity index (χ3v) is 4.73. The molecule has 28 heavy (non-hydrogen) atoms. The molecule has 0 bridgehead atoms. The fraction of sp³-hybridized carbons (Fsp3) is 0.353. The Kier molecular flexibility index (Phi) is 7.80. The summed E-state index contributed by atoms with van der Waals surface area (Å²) in [5.74, 6) is 1.23. The maximum atomic E-state index is 11.2. The SMILES string of the molecule is CS(=O)(=O)Nc1ccc(CN=C(N)N2CCN(c3ncccn3)CC2)cc1.I. The number of aliphatic imine (C=N–C) groups is 1. The van der Waals surface area contributed by atoms with Crippen LogP contribution in [0.3, 0.4) is 0 Å². The number of benzene rings is 1. The molecular formula is C17H24IN7O2S. The molecular weight excluding hydrogens is 493 g/mol. The summed E-state index contributed by atoms with van der Waals surface area (Å²) in [5, 5.41) is 0. The van der Waals surface area contributed by atoms with E-state index < -0.39 is 10.0 Å². The van der Waals surface area contributed by atoms with E-state index in [1.165, 1.54) is 0 Å². The first-order valence-corrected chi connectivity index (χ1v) is 10.4. The van der Waals surface area contributed by atoms with Crippen molar-refractivity contribution in [3.63, 3.8) is 0 Å². The lowest BCUT2D eigenvalue weighted by Crippen LogP contribution is -2.51. The molecule has 1 aromatic heterocycles. The van der Waals surface area contributed by atoms with Crippen LogP contribution in [0.4, 0.5) is 11.6 Å². The zero-order valence-electron chi connectivity index (χ0n) is 15.5. The van der Waals surface area contributed by atoms with Crippen molar-refractivity contribution in [3.8, 4) is 0 Å². The van der Waals surface area contributed by atoms with Crippen molar-refractivity contribution in [1.82, 2.24) is 14.9 Å². The number of sulfonamides is 1. The molecule has 0 saturated carbocycles. The lowest BCUT2D eigenvalue weighted by Gasteiger charge is -2.35. The van der Waals surface area contributed by atoms with Crippen molar-refractivity contribution in [1.29, 1.82) is 0 Å². The van der Waals surface area contributed by atoms with E-state index in [1.54, 1.807) is 30.6 Å². The average molecular weight is 517 g/mol. The third kappa shape index (κ3) is 6.48. The topological polar surface area (TPSA) is 117 Å². The molecule has 1 saturated heterocycles. The number of guanidine groups is 1. The van der Waals surface area contributed by atoms with Crippen molar-refractivity contribution in [2.45, 2.75) is 6.54 Å². The van der Waals surface area contributed by atoms with E-state index in [4.69, 9.17) is 5.73 Å². The average Bonchev–Trinajstić information content (AvgIpc) is 2.67. The molecule has 3 rings (SSSR count). The quantitative estimate of drug-likeness (QED) is 0.347. The molecule has 0 radical (unpaired) electrons. The first-order chi connectivity index (χ1) is 12.9. The fourth-order valence-corrected chi connectivity index (χ4v) is 3.32. The van der Waals surface area contributed by atoms with Crippen LogP contribution in [0.1, 0.15) is 5.56 Å². The van der Waals surface area contributed by atoms with Crippen molar-refractivity contribution >= 4 is 51.6 Å². The van der Waals surface area contributed by atoms with E-state index in [0.717, 1.165) is 43.9 Å². The summed E-state index contributed by atoms with van der Waals surface area (Å²) >= 11 is 0. The van der Waals surface area contributed by atoms with E-state index in [1.807, 2.05) is 17.0 Å². The van der Waals surface area contributed by atoms with E-state index >= 15 is 0 Å². The minimum Gasteiger partial charge on any atom is -0.370 e. The molecule has 2 heterocycles. The Morgan fingerprint density at radius 1 is 1.14 bits per heavy atom. The van der Waals surface area contributed by atoms with Crippen molar-refractivity contribution in [3.05, 3.63) is 48.3 Å². The number of hydrogen-bond acceptors (Lipinski definition) is 6. The number of nitrogens with two attached hydrogens (primary N) is 1. The number of aromatic nitrogens is 2. The normalized spacial score (nSPS) is 15.1. The van der Waals surface area contributed by atoms with Gasteiger partial charge in [-0.2, -0.15) is 0 Å². The Morgan fingerprint density at radius 2 is 1.75 bits per heavy atom. The number of nitrogens with zero attached hydrogens (tertiary/aromatic N) is 5. The van der Waals surface area contributed by atoms with Gasteiger partial charge in [-0.3, -0.25) is 4.72 Å². The van der Waals surface area contributed by atoms with Crippen molar-refractivity contribution in [2.75, 3.05) is 42.1 Å². The standard InChI is InChI=1S/C17H23N7O2S.HI/c1-27(25,26)22-15-5-3-14(4-6-15)13-21-16(18)23-9-11-24(12-10-23)17-19-7-2-8-20-17;/h2-8,22H,9-13H2,1H3,(H2,18,21);1H. The Labute approximate surface area is 182 Å². The summed E-state index contributed by atoms with van der Waals surface area (Å²) in [6.45, 7) is 3.51. The summed E-state index contributed by atoms with van der Waals surface area (Å²) in [7, 11) is -3.27. The fourth-order valence-electron chi connectivity index (χ4n) is 2.75. The molecule has 0 amide bonds. The summed E-state index contributed by atoms with van der Waals surface area (Å²) < 4.78 is 24.9. The highest BCUT2D eigenvalue weighted by molar-refractivity contribution is 14.0. The van der Waals surface area contributed by atoms with Gasteiger partial charge in [0.15, 0.2) is 5.96 Å². The molecule has 0 spiro atoms. The van der Waals surface area contributed by atoms with Crippen LogP contribution in [-0.4, -0.2) is 61.7 Å². The molecule has 152 valence electrons. The maximum absolute atomic E-state index is 11.2. The summed E-state index contributed by atoms with van der Waals surface area (Å²) in [5.41, 5.74) is 7.61. The minimum absolute atomic E-state index is 0. The highest BCUT2D eigenvalue weighted by atomic mass is 127. The Morgan fingerprint density at radius 3 is 2.32 bits per heavy atom. The van der Waals surface area contributed by atoms with Crippen LogP contribution in [0.5, 0.6) is 0 Å². The number of nitrogens with one attached hydrogen (secondary N) is 1. The van der Waals surface area contributed by atoms with Gasteiger partial charge in [-0.15, -0.1) is 24.0 Å². The number of anilines is 2. The number of rotatable bonds is 5. The Hall–Kier alpha value is -2.15. The highest BCUT2D eigenvalue weighted by Gasteiger charge is 2.19. The summed E-state index contributed by atoms with van der Waals surface area (Å²) in [6.07, 6.45) is 4.60. The van der Waals surface area contributed by atoms with Gasteiger partial charge in [0.05, 0.1) is 12.8 Å².